The van der Waals surface area contributed by atoms with Crippen LogP contribution in [0.4, 0.5) is 0 Å². The summed E-state index contributed by atoms with van der Waals surface area (Å²) in [6.45, 7) is 2.76. The molecule has 2 heterocycles. The molecule has 4 nitrogen and oxygen atoms in total. The van der Waals surface area contributed by atoms with Gasteiger partial charge < -0.3 is 0 Å². The van der Waals surface area contributed by atoms with E-state index in [2.05, 4.69) is 4.98 Å². The zero-order valence-corrected chi connectivity index (χ0v) is 11.3. The van der Waals surface area contributed by atoms with E-state index < -0.39 is 10.0 Å². The maximum absolute atomic E-state index is 12.2. The molecule has 1 atom stereocenters. The van der Waals surface area contributed by atoms with Crippen LogP contribution in [0.2, 0.25) is 0 Å². The third kappa shape index (κ3) is 2.40. The third-order valence-corrected chi connectivity index (χ3v) is 6.09. The highest BCUT2D eigenvalue weighted by Crippen LogP contribution is 2.26. The molecule has 1 aliphatic rings. The van der Waals surface area contributed by atoms with Gasteiger partial charge in [0.05, 0.1) is 11.2 Å². The zero-order valence-electron chi connectivity index (χ0n) is 8.89. The number of hydrogen-bond donors (Lipinski definition) is 0. The number of aromatic nitrogens is 1. The average molecular weight is 281 g/mol. The summed E-state index contributed by atoms with van der Waals surface area (Å²) in [6.07, 6.45) is 3.13. The predicted molar refractivity (Wildman–Crippen MR) is 64.5 cm³/mol. The second-order valence-corrected chi connectivity index (χ2v) is 7.82. The number of sulfonamides is 1. The molecule has 1 aromatic rings. The zero-order chi connectivity index (χ0) is 11.8. The van der Waals surface area contributed by atoms with Crippen LogP contribution in [0.5, 0.6) is 0 Å². The minimum Gasteiger partial charge on any atom is -0.249 e. The molecule has 16 heavy (non-hydrogen) atoms. The number of thiazole rings is 1. The smallest absolute Gasteiger partial charge is 0.249 e. The monoisotopic (exact) mass is 280 g/mol. The van der Waals surface area contributed by atoms with Crippen LogP contribution in [0.15, 0.2) is 10.4 Å². The van der Waals surface area contributed by atoms with Crippen LogP contribution in [0, 0.1) is 6.92 Å². The van der Waals surface area contributed by atoms with Crippen molar-refractivity contribution in [2.24, 2.45) is 0 Å². The minimum atomic E-state index is -3.37. The van der Waals surface area contributed by atoms with Crippen molar-refractivity contribution in [1.82, 2.24) is 9.29 Å². The predicted octanol–water partition coefficient (Wildman–Crippen LogP) is 1.84. The molecule has 0 bridgehead atoms. The van der Waals surface area contributed by atoms with E-state index >= 15 is 0 Å². The van der Waals surface area contributed by atoms with Crippen LogP contribution in [0.3, 0.4) is 0 Å². The van der Waals surface area contributed by atoms with Crippen LogP contribution in [0.25, 0.3) is 0 Å². The fraction of sp³-hybridized carbons (Fsp3) is 0.667. The molecule has 0 radical (unpaired) electrons. The van der Waals surface area contributed by atoms with Gasteiger partial charge in [-0.2, -0.15) is 4.31 Å². The van der Waals surface area contributed by atoms with Crippen molar-refractivity contribution in [1.29, 1.82) is 0 Å². The number of hydrogen-bond acceptors (Lipinski definition) is 4. The van der Waals surface area contributed by atoms with Gasteiger partial charge in [0.15, 0.2) is 4.21 Å². The van der Waals surface area contributed by atoms with E-state index in [-0.39, 0.29) is 5.38 Å². The summed E-state index contributed by atoms with van der Waals surface area (Å²) in [6, 6.07) is 0. The molecule has 0 aromatic carbocycles. The van der Waals surface area contributed by atoms with Gasteiger partial charge in [-0.05, 0) is 19.8 Å². The maximum atomic E-state index is 12.2. The van der Waals surface area contributed by atoms with Gasteiger partial charge in [0.1, 0.15) is 0 Å². The Morgan fingerprint density at radius 3 is 2.94 bits per heavy atom. The number of aryl methyl sites for hydroxylation is 1. The van der Waals surface area contributed by atoms with Crippen molar-refractivity contribution < 1.29 is 8.42 Å². The first kappa shape index (κ1) is 12.3. The second-order valence-electron chi connectivity index (χ2n) is 3.80. The Bertz CT molecular complexity index is 472. The molecule has 1 aromatic heterocycles. The molecule has 0 spiro atoms. The highest BCUT2D eigenvalue weighted by Gasteiger charge is 2.30. The standard InChI is InChI=1S/C9H13ClN2O2S2/c1-7-11-5-9(15-7)16(13,14)12-4-2-3-8(10)6-12/h5,8H,2-4,6H2,1H3. The third-order valence-electron chi connectivity index (χ3n) is 2.52. The van der Waals surface area contributed by atoms with Crippen LogP contribution < -0.4 is 0 Å². The lowest BCUT2D eigenvalue weighted by molar-refractivity contribution is 0.351. The van der Waals surface area contributed by atoms with Crippen molar-refractivity contribution in [3.8, 4) is 0 Å². The van der Waals surface area contributed by atoms with Crippen molar-refractivity contribution >= 4 is 33.0 Å². The van der Waals surface area contributed by atoms with E-state index in [9.17, 15) is 8.42 Å². The fourth-order valence-electron chi connectivity index (χ4n) is 1.70. The lowest BCUT2D eigenvalue weighted by atomic mass is 10.2. The molecule has 1 fully saturated rings. The number of alkyl halides is 1. The van der Waals surface area contributed by atoms with Gasteiger partial charge in [-0.15, -0.1) is 22.9 Å². The van der Waals surface area contributed by atoms with Gasteiger partial charge in [0, 0.05) is 18.5 Å². The normalized spacial score (nSPS) is 23.5. The molecule has 1 saturated heterocycles. The van der Waals surface area contributed by atoms with E-state index in [4.69, 9.17) is 11.6 Å². The summed E-state index contributed by atoms with van der Waals surface area (Å²) in [5, 5.41) is 0.690. The fourth-order valence-corrected chi connectivity index (χ4v) is 4.89. The average Bonchev–Trinajstić information content (AvgIpc) is 2.65. The SMILES string of the molecule is Cc1ncc(S(=O)(=O)N2CCCC(Cl)C2)s1. The van der Waals surface area contributed by atoms with Crippen molar-refractivity contribution in [3.05, 3.63) is 11.2 Å². The summed E-state index contributed by atoms with van der Waals surface area (Å²) in [4.78, 5) is 3.98. The topological polar surface area (TPSA) is 50.3 Å². The molecule has 7 heteroatoms. The van der Waals surface area contributed by atoms with Crippen LogP contribution >= 0.6 is 22.9 Å². The van der Waals surface area contributed by atoms with Gasteiger partial charge in [0.2, 0.25) is 0 Å². The van der Waals surface area contributed by atoms with Gasteiger partial charge in [-0.3, -0.25) is 0 Å². The summed E-state index contributed by atoms with van der Waals surface area (Å²) < 4.78 is 26.1. The number of piperidine rings is 1. The molecular formula is C9H13ClN2O2S2. The van der Waals surface area contributed by atoms with E-state index in [0.29, 0.717) is 17.3 Å². The molecular weight excluding hydrogens is 268 g/mol. The summed E-state index contributed by atoms with van der Waals surface area (Å²) in [7, 11) is -3.37. The van der Waals surface area contributed by atoms with E-state index in [1.807, 2.05) is 0 Å². The molecule has 0 N–H and O–H groups in total. The van der Waals surface area contributed by atoms with E-state index in [1.165, 1.54) is 21.8 Å². The van der Waals surface area contributed by atoms with Crippen molar-refractivity contribution in [2.45, 2.75) is 29.4 Å². The summed E-state index contributed by atoms with van der Waals surface area (Å²) in [5.74, 6) is 0. The maximum Gasteiger partial charge on any atom is 0.254 e. The van der Waals surface area contributed by atoms with Crippen molar-refractivity contribution in [3.63, 3.8) is 0 Å². The minimum absolute atomic E-state index is 0.0717. The first-order chi connectivity index (χ1) is 7.50. The molecule has 0 saturated carbocycles. The number of nitrogens with zero attached hydrogens (tertiary/aromatic N) is 2. The van der Waals surface area contributed by atoms with Crippen LogP contribution in [-0.4, -0.2) is 36.2 Å². The Hall–Kier alpha value is -0.170. The van der Waals surface area contributed by atoms with E-state index in [1.54, 1.807) is 6.92 Å². The Morgan fingerprint density at radius 2 is 2.38 bits per heavy atom. The van der Waals surface area contributed by atoms with Crippen molar-refractivity contribution in [2.75, 3.05) is 13.1 Å². The first-order valence-electron chi connectivity index (χ1n) is 5.07. The summed E-state index contributed by atoms with van der Waals surface area (Å²) >= 11 is 7.20. The molecule has 2 rings (SSSR count). The Labute approximate surface area is 104 Å². The van der Waals surface area contributed by atoms with E-state index in [0.717, 1.165) is 17.8 Å². The van der Waals surface area contributed by atoms with Crippen LogP contribution in [0.1, 0.15) is 17.8 Å². The highest BCUT2D eigenvalue weighted by molar-refractivity contribution is 7.91. The Balaban J connectivity index is 2.25. The Kier molecular flexibility index (Phi) is 3.53. The molecule has 0 aliphatic carbocycles. The Morgan fingerprint density at radius 1 is 1.62 bits per heavy atom. The van der Waals surface area contributed by atoms with Gasteiger partial charge >= 0.3 is 0 Å². The molecule has 1 aliphatic heterocycles. The molecule has 0 amide bonds. The van der Waals surface area contributed by atoms with Gasteiger partial charge in [-0.1, -0.05) is 0 Å². The largest absolute Gasteiger partial charge is 0.254 e. The van der Waals surface area contributed by atoms with Gasteiger partial charge in [0.25, 0.3) is 10.0 Å². The lowest BCUT2D eigenvalue weighted by Gasteiger charge is -2.28. The van der Waals surface area contributed by atoms with Gasteiger partial charge in [-0.25, -0.2) is 13.4 Å². The second kappa shape index (κ2) is 4.60. The first-order valence-corrected chi connectivity index (χ1v) is 7.76. The lowest BCUT2D eigenvalue weighted by Crippen LogP contribution is -2.40. The van der Waals surface area contributed by atoms with Crippen LogP contribution in [-0.2, 0) is 10.0 Å². The number of rotatable bonds is 2. The molecule has 90 valence electrons. The quantitative estimate of drug-likeness (QED) is 0.777. The highest BCUT2D eigenvalue weighted by atomic mass is 35.5. The summed E-state index contributed by atoms with van der Waals surface area (Å²) in [5.41, 5.74) is 0. The number of halogens is 1. The molecule has 1 unspecified atom stereocenters.